The van der Waals surface area contributed by atoms with E-state index in [1.165, 1.54) is 0 Å². The van der Waals surface area contributed by atoms with Crippen LogP contribution in [0, 0.1) is 5.92 Å². The van der Waals surface area contributed by atoms with Gasteiger partial charge < -0.3 is 20.2 Å². The van der Waals surface area contributed by atoms with Gasteiger partial charge in [-0.25, -0.2) is 0 Å². The zero-order chi connectivity index (χ0) is 20.6. The number of piperazine rings is 1. The molecule has 154 valence electrons. The van der Waals surface area contributed by atoms with Gasteiger partial charge in [0.2, 0.25) is 11.8 Å². The van der Waals surface area contributed by atoms with Crippen molar-refractivity contribution in [3.8, 4) is 0 Å². The molecule has 0 bridgehead atoms. The molecule has 2 saturated heterocycles. The molecule has 3 rings (SSSR count). The van der Waals surface area contributed by atoms with E-state index < -0.39 is 11.9 Å². The predicted octanol–water partition coefficient (Wildman–Crippen LogP) is 1.81. The number of hydrogen-bond acceptors (Lipinski definition) is 5. The van der Waals surface area contributed by atoms with Gasteiger partial charge in [-0.15, -0.1) is 0 Å². The zero-order valence-corrected chi connectivity index (χ0v) is 17.7. The lowest BCUT2D eigenvalue weighted by atomic mass is 9.89. The van der Waals surface area contributed by atoms with Crippen molar-refractivity contribution in [1.29, 1.82) is 0 Å². The first-order chi connectivity index (χ1) is 13.1. The Morgan fingerprint density at radius 1 is 1.32 bits per heavy atom. The molecule has 28 heavy (non-hydrogen) atoms. The summed E-state index contributed by atoms with van der Waals surface area (Å²) in [4.78, 5) is 29.0. The summed E-state index contributed by atoms with van der Waals surface area (Å²) in [6.07, 6.45) is -0.763. The topological polar surface area (TPSA) is 84.9 Å². The highest BCUT2D eigenvalue weighted by molar-refractivity contribution is 6.35. The molecule has 0 radical (unpaired) electrons. The largest absolute Gasteiger partial charge is 0.365 e. The number of nitrogens with zero attached hydrogens (tertiary/aromatic N) is 2. The summed E-state index contributed by atoms with van der Waals surface area (Å²) >= 11 is 12.2. The third-order valence-electron chi connectivity index (χ3n) is 5.48. The maximum absolute atomic E-state index is 13.0. The zero-order valence-electron chi connectivity index (χ0n) is 16.2. The number of carbonyl (C=O) groups is 2. The molecule has 0 spiro atoms. The molecule has 1 aromatic rings. The number of hydrogen-bond donors (Lipinski definition) is 3. The van der Waals surface area contributed by atoms with Crippen LogP contribution in [0.5, 0.6) is 0 Å². The Kier molecular flexibility index (Phi) is 6.10. The number of aliphatic hydroxyl groups is 1. The van der Waals surface area contributed by atoms with E-state index in [4.69, 9.17) is 23.2 Å². The lowest BCUT2D eigenvalue weighted by Crippen LogP contribution is -2.55. The van der Waals surface area contributed by atoms with Gasteiger partial charge in [-0.2, -0.15) is 0 Å². The molecule has 1 aromatic carbocycles. The smallest absolute Gasteiger partial charge is 0.243 e. The van der Waals surface area contributed by atoms with Crippen LogP contribution in [-0.2, 0) is 9.59 Å². The molecule has 0 aromatic heterocycles. The monoisotopic (exact) mass is 428 g/mol. The summed E-state index contributed by atoms with van der Waals surface area (Å²) in [6.45, 7) is 7.41. The van der Waals surface area contributed by atoms with Gasteiger partial charge >= 0.3 is 0 Å². The average molecular weight is 429 g/mol. The van der Waals surface area contributed by atoms with Crippen LogP contribution in [0.1, 0.15) is 27.2 Å². The van der Waals surface area contributed by atoms with Gasteiger partial charge in [0.25, 0.3) is 0 Å². The van der Waals surface area contributed by atoms with Crippen molar-refractivity contribution in [3.05, 3.63) is 28.2 Å². The van der Waals surface area contributed by atoms with E-state index in [1.54, 1.807) is 13.0 Å². The Hall–Kier alpha value is -1.54. The minimum Gasteiger partial charge on any atom is -0.365 e. The molecule has 2 heterocycles. The first-order valence-corrected chi connectivity index (χ1v) is 10.1. The third-order valence-corrected chi connectivity index (χ3v) is 5.91. The second-order valence-corrected chi connectivity index (χ2v) is 8.78. The minimum atomic E-state index is -1.08. The van der Waals surface area contributed by atoms with E-state index in [-0.39, 0.29) is 23.8 Å². The summed E-state index contributed by atoms with van der Waals surface area (Å²) in [7, 11) is 0. The van der Waals surface area contributed by atoms with Crippen LogP contribution in [0.25, 0.3) is 0 Å². The Morgan fingerprint density at radius 3 is 2.50 bits per heavy atom. The second kappa shape index (κ2) is 8.06. The van der Waals surface area contributed by atoms with Crippen LogP contribution in [0.2, 0.25) is 10.0 Å². The van der Waals surface area contributed by atoms with Crippen LogP contribution in [-0.4, -0.2) is 59.4 Å². The molecule has 2 aliphatic rings. The van der Waals surface area contributed by atoms with E-state index in [2.05, 4.69) is 22.5 Å². The quantitative estimate of drug-likeness (QED) is 0.680. The highest BCUT2D eigenvalue weighted by atomic mass is 35.5. The average Bonchev–Trinajstić information content (AvgIpc) is 2.84. The Balaban J connectivity index is 1.63. The van der Waals surface area contributed by atoms with Crippen LogP contribution in [0.3, 0.4) is 0 Å². The number of anilines is 1. The van der Waals surface area contributed by atoms with Crippen LogP contribution < -0.4 is 15.5 Å². The molecule has 4 atom stereocenters. The summed E-state index contributed by atoms with van der Waals surface area (Å²) in [5.41, 5.74) is -0.0158. The molecular weight excluding hydrogens is 403 g/mol. The number of aliphatic hydroxyl groups excluding tert-OH is 1. The standard InChI is InChI=1S/C19H26Cl2N4O3/c1-11(9-19(3)17(27)22-18(28)23-19)16(26)24-4-5-25(12(2)10-24)15-7-13(20)6-14(21)8-15/h6-8,11-12,18,23,28H,4-5,9-10H2,1-3H3,(H,22,27)/t11?,12-,18?,19?/m0/s1. The normalized spacial score (nSPS) is 29.0. The van der Waals surface area contributed by atoms with E-state index in [0.717, 1.165) is 5.69 Å². The van der Waals surface area contributed by atoms with E-state index in [0.29, 0.717) is 36.1 Å². The molecule has 2 amide bonds. The predicted molar refractivity (Wildman–Crippen MR) is 109 cm³/mol. The van der Waals surface area contributed by atoms with Crippen molar-refractivity contribution in [2.45, 2.75) is 45.1 Å². The molecule has 2 aliphatic heterocycles. The first kappa shape index (κ1) is 21.2. The van der Waals surface area contributed by atoms with Gasteiger partial charge in [0, 0.05) is 47.3 Å². The van der Waals surface area contributed by atoms with Crippen LogP contribution >= 0.6 is 23.2 Å². The van der Waals surface area contributed by atoms with Gasteiger partial charge in [0.05, 0.1) is 5.54 Å². The maximum Gasteiger partial charge on any atom is 0.243 e. The Labute approximate surface area is 175 Å². The van der Waals surface area contributed by atoms with Crippen molar-refractivity contribution in [3.63, 3.8) is 0 Å². The third kappa shape index (κ3) is 4.38. The molecule has 9 heteroatoms. The summed E-state index contributed by atoms with van der Waals surface area (Å²) in [5, 5.41) is 16.0. The molecule has 2 fully saturated rings. The Bertz CT molecular complexity index is 757. The van der Waals surface area contributed by atoms with Crippen molar-refractivity contribution in [2.24, 2.45) is 5.92 Å². The highest BCUT2D eigenvalue weighted by Gasteiger charge is 2.44. The summed E-state index contributed by atoms with van der Waals surface area (Å²) in [5.74, 6) is -0.642. The maximum atomic E-state index is 13.0. The van der Waals surface area contributed by atoms with Crippen LogP contribution in [0.4, 0.5) is 5.69 Å². The highest BCUT2D eigenvalue weighted by Crippen LogP contribution is 2.29. The SMILES string of the molecule is CC(CC1(C)NC(O)NC1=O)C(=O)N1CCN(c2cc(Cl)cc(Cl)c2)[C@@H](C)C1. The fraction of sp³-hybridized carbons (Fsp3) is 0.579. The fourth-order valence-electron chi connectivity index (χ4n) is 4.10. The second-order valence-electron chi connectivity index (χ2n) is 7.91. The molecule has 0 saturated carbocycles. The summed E-state index contributed by atoms with van der Waals surface area (Å²) in [6, 6.07) is 5.55. The molecule has 7 nitrogen and oxygen atoms in total. The fourth-order valence-corrected chi connectivity index (χ4v) is 4.61. The number of carbonyl (C=O) groups excluding carboxylic acids is 2. The molecule has 3 unspecified atom stereocenters. The van der Waals surface area contributed by atoms with E-state index >= 15 is 0 Å². The van der Waals surface area contributed by atoms with Crippen molar-refractivity contribution in [2.75, 3.05) is 24.5 Å². The van der Waals surface area contributed by atoms with Gasteiger partial charge in [0.15, 0.2) is 6.35 Å². The first-order valence-electron chi connectivity index (χ1n) is 9.37. The van der Waals surface area contributed by atoms with E-state index in [1.807, 2.05) is 24.0 Å². The number of amides is 2. The van der Waals surface area contributed by atoms with Crippen molar-refractivity contribution >= 4 is 40.7 Å². The van der Waals surface area contributed by atoms with Gasteiger partial charge in [-0.3, -0.25) is 14.9 Å². The lowest BCUT2D eigenvalue weighted by Gasteiger charge is -2.42. The number of rotatable bonds is 4. The summed E-state index contributed by atoms with van der Waals surface area (Å²) < 4.78 is 0. The van der Waals surface area contributed by atoms with Gasteiger partial charge in [-0.1, -0.05) is 30.1 Å². The van der Waals surface area contributed by atoms with E-state index in [9.17, 15) is 14.7 Å². The van der Waals surface area contributed by atoms with Crippen LogP contribution in [0.15, 0.2) is 18.2 Å². The molecule has 0 aliphatic carbocycles. The Morgan fingerprint density at radius 2 is 1.96 bits per heavy atom. The van der Waals surface area contributed by atoms with Crippen molar-refractivity contribution in [1.82, 2.24) is 15.5 Å². The number of nitrogens with one attached hydrogen (secondary N) is 2. The van der Waals surface area contributed by atoms with Gasteiger partial charge in [-0.05, 0) is 38.5 Å². The minimum absolute atomic E-state index is 0.00726. The number of benzene rings is 1. The molecular formula is C19H26Cl2N4O3. The number of halogens is 2. The van der Waals surface area contributed by atoms with Crippen molar-refractivity contribution < 1.29 is 14.7 Å². The lowest BCUT2D eigenvalue weighted by molar-refractivity contribution is -0.137. The molecule has 3 N–H and O–H groups in total. The van der Waals surface area contributed by atoms with Gasteiger partial charge in [0.1, 0.15) is 0 Å².